The van der Waals surface area contributed by atoms with Crippen LogP contribution in [-0.2, 0) is 17.6 Å². The second-order valence-electron chi connectivity index (χ2n) is 12.5. The van der Waals surface area contributed by atoms with E-state index in [4.69, 9.17) is 34.7 Å². The molecule has 1 aliphatic heterocycles. The van der Waals surface area contributed by atoms with Crippen molar-refractivity contribution in [3.8, 4) is 0 Å². The number of aliphatic imine (C=N–C) groups is 1. The fraction of sp³-hybridized carbons (Fsp3) is 0.486. The van der Waals surface area contributed by atoms with E-state index in [0.717, 1.165) is 61.8 Å². The Bertz CT molecular complexity index is 1410. The number of nitrogens with two attached hydrogens (primary N) is 2. The molecular formula is C35H48Cl2N6O. The zero-order chi connectivity index (χ0) is 31.6. The molecule has 1 heterocycles. The summed E-state index contributed by atoms with van der Waals surface area (Å²) in [5, 5.41) is 6.77. The highest BCUT2D eigenvalue weighted by atomic mass is 35.5. The van der Waals surface area contributed by atoms with Gasteiger partial charge in [-0.05, 0) is 65.6 Å². The fourth-order valence-electron chi connectivity index (χ4n) is 6.32. The monoisotopic (exact) mass is 638 g/mol. The largest absolute Gasteiger partial charge is 0.370 e. The van der Waals surface area contributed by atoms with Gasteiger partial charge < -0.3 is 21.7 Å². The number of halogens is 2. The van der Waals surface area contributed by atoms with Gasteiger partial charge in [0.25, 0.3) is 0 Å². The van der Waals surface area contributed by atoms with Crippen molar-refractivity contribution in [1.29, 1.82) is 0 Å². The van der Waals surface area contributed by atoms with Gasteiger partial charge >= 0.3 is 0 Å². The van der Waals surface area contributed by atoms with Crippen LogP contribution >= 0.6 is 23.2 Å². The zero-order valence-corrected chi connectivity index (χ0v) is 27.8. The van der Waals surface area contributed by atoms with E-state index in [1.165, 1.54) is 5.39 Å². The molecule has 4 rings (SSSR count). The molecule has 0 unspecified atom stereocenters. The lowest BCUT2D eigenvalue weighted by Crippen LogP contribution is -2.62. The molecule has 1 fully saturated rings. The number of piperazine rings is 1. The van der Waals surface area contributed by atoms with E-state index in [9.17, 15) is 4.79 Å². The van der Waals surface area contributed by atoms with Crippen LogP contribution in [0.5, 0.6) is 0 Å². The molecule has 0 aliphatic carbocycles. The van der Waals surface area contributed by atoms with Gasteiger partial charge in [-0.15, -0.1) is 0 Å². The first-order valence-electron chi connectivity index (χ1n) is 15.8. The average Bonchev–Trinajstić information content (AvgIpc) is 2.98. The molecular weight excluding hydrogens is 591 g/mol. The van der Waals surface area contributed by atoms with Gasteiger partial charge in [0.15, 0.2) is 5.96 Å². The van der Waals surface area contributed by atoms with Crippen molar-refractivity contribution in [2.75, 3.05) is 33.2 Å². The van der Waals surface area contributed by atoms with E-state index in [1.54, 1.807) is 13.1 Å². The number of unbranched alkanes of at least 4 members (excludes halogenated alkanes) is 1. The average molecular weight is 640 g/mol. The van der Waals surface area contributed by atoms with Crippen LogP contribution in [0.2, 0.25) is 10.0 Å². The van der Waals surface area contributed by atoms with E-state index >= 15 is 0 Å². The smallest absolute Gasteiger partial charge is 0.227 e. The summed E-state index contributed by atoms with van der Waals surface area (Å²) < 4.78 is 0. The maximum Gasteiger partial charge on any atom is 0.227 e. The molecule has 0 radical (unpaired) electrons. The molecule has 0 saturated carbocycles. The summed E-state index contributed by atoms with van der Waals surface area (Å²) in [6.07, 6.45) is 4.95. The molecule has 1 saturated heterocycles. The van der Waals surface area contributed by atoms with Gasteiger partial charge in [-0.25, -0.2) is 0 Å². The number of hydrogen-bond donors (Lipinski definition) is 3. The van der Waals surface area contributed by atoms with Crippen molar-refractivity contribution >= 4 is 45.8 Å². The van der Waals surface area contributed by atoms with E-state index in [-0.39, 0.29) is 24.0 Å². The van der Waals surface area contributed by atoms with Crippen molar-refractivity contribution in [3.63, 3.8) is 0 Å². The molecule has 0 aromatic heterocycles. The fourth-order valence-corrected chi connectivity index (χ4v) is 6.81. The zero-order valence-electron chi connectivity index (χ0n) is 26.3. The Labute approximate surface area is 273 Å². The highest BCUT2D eigenvalue weighted by Gasteiger charge is 2.36. The second-order valence-corrected chi connectivity index (χ2v) is 13.4. The number of carbonyl (C=O) groups excluding carboxylic acids is 1. The Kier molecular flexibility index (Phi) is 12.7. The summed E-state index contributed by atoms with van der Waals surface area (Å²) in [4.78, 5) is 22.6. The third-order valence-corrected chi connectivity index (χ3v) is 9.11. The van der Waals surface area contributed by atoms with Gasteiger partial charge in [-0.3, -0.25) is 14.7 Å². The van der Waals surface area contributed by atoms with E-state index in [2.05, 4.69) is 64.3 Å². The number of nitrogens with one attached hydrogen (secondary N) is 1. The number of carbonyl (C=O) groups is 1. The number of guanidine groups is 1. The molecule has 5 N–H and O–H groups in total. The minimum absolute atomic E-state index is 0.0991. The lowest BCUT2D eigenvalue weighted by Gasteiger charge is -2.48. The normalized spacial score (nSPS) is 18.6. The molecule has 0 bridgehead atoms. The SMILES string of the molecule is CN=C(N)NCCCC[C@H]1CN(C(=O)Cc2ccc3ccccc3c2)[C@H](CC(C)C)CN1C[C@@H](N)Cc1ccc(Cl)cc1Cl. The molecule has 7 nitrogen and oxygen atoms in total. The van der Waals surface area contributed by atoms with Gasteiger partial charge in [0, 0.05) is 61.4 Å². The van der Waals surface area contributed by atoms with Gasteiger partial charge in [0.1, 0.15) is 0 Å². The highest BCUT2D eigenvalue weighted by Crippen LogP contribution is 2.27. The molecule has 3 aromatic carbocycles. The van der Waals surface area contributed by atoms with Gasteiger partial charge in [-0.1, -0.05) is 92.0 Å². The van der Waals surface area contributed by atoms with Crippen molar-refractivity contribution in [2.24, 2.45) is 22.4 Å². The first kappa shape index (κ1) is 34.0. The Balaban J connectivity index is 1.50. The Morgan fingerprint density at radius 2 is 1.80 bits per heavy atom. The molecule has 44 heavy (non-hydrogen) atoms. The third kappa shape index (κ3) is 9.83. The predicted molar refractivity (Wildman–Crippen MR) is 186 cm³/mol. The minimum Gasteiger partial charge on any atom is -0.370 e. The summed E-state index contributed by atoms with van der Waals surface area (Å²) in [7, 11) is 1.68. The summed E-state index contributed by atoms with van der Waals surface area (Å²) in [5.74, 6) is 1.12. The van der Waals surface area contributed by atoms with E-state index in [0.29, 0.717) is 41.3 Å². The number of hydrogen-bond acceptors (Lipinski definition) is 4. The number of benzene rings is 3. The first-order chi connectivity index (χ1) is 21.1. The molecule has 1 aliphatic rings. The Hall–Kier alpha value is -2.84. The molecule has 9 heteroatoms. The summed E-state index contributed by atoms with van der Waals surface area (Å²) in [6, 6.07) is 20.5. The van der Waals surface area contributed by atoms with Crippen LogP contribution in [-0.4, -0.2) is 73.0 Å². The maximum absolute atomic E-state index is 14.0. The van der Waals surface area contributed by atoms with Crippen molar-refractivity contribution in [1.82, 2.24) is 15.1 Å². The summed E-state index contributed by atoms with van der Waals surface area (Å²) >= 11 is 12.6. The van der Waals surface area contributed by atoms with Crippen LogP contribution < -0.4 is 16.8 Å². The maximum atomic E-state index is 14.0. The van der Waals surface area contributed by atoms with Gasteiger partial charge in [0.2, 0.25) is 5.91 Å². The Morgan fingerprint density at radius 1 is 1.02 bits per heavy atom. The van der Waals surface area contributed by atoms with Crippen LogP contribution in [0.3, 0.4) is 0 Å². The van der Waals surface area contributed by atoms with Crippen LogP contribution in [0.1, 0.15) is 50.7 Å². The molecule has 3 aromatic rings. The van der Waals surface area contributed by atoms with Crippen LogP contribution in [0, 0.1) is 5.92 Å². The summed E-state index contributed by atoms with van der Waals surface area (Å²) in [5.41, 5.74) is 14.6. The van der Waals surface area contributed by atoms with Crippen molar-refractivity contribution in [2.45, 2.75) is 70.5 Å². The number of amides is 1. The first-order valence-corrected chi connectivity index (χ1v) is 16.5. The number of fused-ring (bicyclic) bond motifs is 1. The quantitative estimate of drug-likeness (QED) is 0.123. The summed E-state index contributed by atoms with van der Waals surface area (Å²) in [6.45, 7) is 7.47. The predicted octanol–water partition coefficient (Wildman–Crippen LogP) is 5.89. The molecule has 238 valence electrons. The third-order valence-electron chi connectivity index (χ3n) is 8.52. The minimum atomic E-state index is -0.0991. The molecule has 0 spiro atoms. The van der Waals surface area contributed by atoms with Crippen molar-refractivity contribution < 1.29 is 4.79 Å². The van der Waals surface area contributed by atoms with Gasteiger partial charge in [-0.2, -0.15) is 0 Å². The van der Waals surface area contributed by atoms with E-state index < -0.39 is 0 Å². The topological polar surface area (TPSA) is 100.0 Å². The number of rotatable bonds is 13. The van der Waals surface area contributed by atoms with Gasteiger partial charge in [0.05, 0.1) is 6.42 Å². The van der Waals surface area contributed by atoms with Crippen LogP contribution in [0.15, 0.2) is 65.7 Å². The lowest BCUT2D eigenvalue weighted by atomic mass is 9.93. The standard InChI is InChI=1S/C35H48Cl2N6O/c1-24(2)16-32-22-42(21-30(38)19-28-13-14-29(36)20-33(28)37)31(10-6-7-15-41-35(39)40-3)23-43(32)34(44)18-25-11-12-26-8-4-5-9-27(26)17-25/h4-5,8-9,11-14,17,20,24,30-32H,6-7,10,15-16,18-19,21-23,38H2,1-3H3,(H3,39,40,41)/t30-,31-,32+/m0/s1. The highest BCUT2D eigenvalue weighted by molar-refractivity contribution is 6.35. The second kappa shape index (κ2) is 16.5. The van der Waals surface area contributed by atoms with Crippen molar-refractivity contribution in [3.05, 3.63) is 81.8 Å². The van der Waals surface area contributed by atoms with E-state index in [1.807, 2.05) is 24.3 Å². The molecule has 3 atom stereocenters. The number of nitrogens with zero attached hydrogens (tertiary/aromatic N) is 3. The molecule has 1 amide bonds. The lowest BCUT2D eigenvalue weighted by molar-refractivity contribution is -0.138. The van der Waals surface area contributed by atoms with Crippen LogP contribution in [0.25, 0.3) is 10.8 Å². The van der Waals surface area contributed by atoms with Crippen LogP contribution in [0.4, 0.5) is 0 Å². The Morgan fingerprint density at radius 3 is 2.52 bits per heavy atom.